The van der Waals surface area contributed by atoms with Crippen molar-refractivity contribution in [3.63, 3.8) is 0 Å². The van der Waals surface area contributed by atoms with E-state index in [0.717, 1.165) is 30.4 Å². The molecule has 0 spiro atoms. The number of rotatable bonds is 5. The standard InChI is InChI=1S/C18H18F3NO3S/c19-18(20,21)25-14-6-9-16(10-7-14)26-17-11-8-15(24-17)12-22(23)13-4-2-1-3-5-13/h6-13H,1-5H2/b22-12-. The summed E-state index contributed by atoms with van der Waals surface area (Å²) < 4.78 is 46.9. The first-order valence-electron chi connectivity index (χ1n) is 8.33. The minimum Gasteiger partial charge on any atom is -0.624 e. The van der Waals surface area contributed by atoms with Gasteiger partial charge in [-0.05, 0) is 49.2 Å². The molecule has 4 nitrogen and oxygen atoms in total. The van der Waals surface area contributed by atoms with Crippen LogP contribution in [0, 0.1) is 5.21 Å². The minimum atomic E-state index is -4.71. The van der Waals surface area contributed by atoms with Gasteiger partial charge in [-0.15, -0.1) is 13.2 Å². The van der Waals surface area contributed by atoms with Crippen molar-refractivity contribution in [2.75, 3.05) is 0 Å². The minimum absolute atomic E-state index is 0.00568. The molecule has 0 saturated heterocycles. The highest BCUT2D eigenvalue weighted by Crippen LogP contribution is 2.31. The Kier molecular flexibility index (Phi) is 5.80. The number of hydrogen-bond donors (Lipinski definition) is 0. The molecule has 1 aromatic heterocycles. The molecule has 8 heteroatoms. The van der Waals surface area contributed by atoms with Gasteiger partial charge in [0, 0.05) is 17.7 Å². The largest absolute Gasteiger partial charge is 0.624 e. The Morgan fingerprint density at radius 2 is 1.77 bits per heavy atom. The average Bonchev–Trinajstić information content (AvgIpc) is 3.03. The van der Waals surface area contributed by atoms with Crippen LogP contribution < -0.4 is 4.74 Å². The van der Waals surface area contributed by atoms with Crippen molar-refractivity contribution in [2.45, 2.75) is 54.5 Å². The summed E-state index contributed by atoms with van der Waals surface area (Å²) >= 11 is 1.25. The first-order chi connectivity index (χ1) is 12.4. The number of ether oxygens (including phenoxy) is 1. The number of halogens is 3. The molecule has 0 atom stereocenters. The molecular weight excluding hydrogens is 367 g/mol. The molecule has 0 unspecified atom stereocenters. The van der Waals surface area contributed by atoms with Crippen molar-refractivity contribution in [2.24, 2.45) is 0 Å². The number of hydrogen-bond acceptors (Lipinski definition) is 4. The van der Waals surface area contributed by atoms with Crippen LogP contribution >= 0.6 is 11.8 Å². The molecule has 26 heavy (non-hydrogen) atoms. The molecule has 3 rings (SSSR count). The summed E-state index contributed by atoms with van der Waals surface area (Å²) in [4.78, 5) is 0.701. The lowest BCUT2D eigenvalue weighted by Gasteiger charge is -2.20. The lowest BCUT2D eigenvalue weighted by molar-refractivity contribution is -0.501. The van der Waals surface area contributed by atoms with Gasteiger partial charge in [-0.3, -0.25) is 0 Å². The zero-order chi connectivity index (χ0) is 18.6. The van der Waals surface area contributed by atoms with Crippen molar-refractivity contribution < 1.29 is 27.1 Å². The van der Waals surface area contributed by atoms with Crippen LogP contribution in [0.15, 0.2) is 50.8 Å². The molecule has 2 aromatic rings. The van der Waals surface area contributed by atoms with E-state index in [4.69, 9.17) is 4.42 Å². The Morgan fingerprint density at radius 1 is 1.08 bits per heavy atom. The zero-order valence-corrected chi connectivity index (χ0v) is 14.7. The quantitative estimate of drug-likeness (QED) is 0.291. The van der Waals surface area contributed by atoms with E-state index in [1.165, 1.54) is 48.7 Å². The van der Waals surface area contributed by atoms with Gasteiger partial charge in [0.15, 0.2) is 16.9 Å². The molecular formula is C18H18F3NO3S. The van der Waals surface area contributed by atoms with E-state index in [1.807, 2.05) is 0 Å². The second-order valence-electron chi connectivity index (χ2n) is 6.06. The fourth-order valence-electron chi connectivity index (χ4n) is 2.85. The Bertz CT molecular complexity index is 750. The van der Waals surface area contributed by atoms with Gasteiger partial charge in [0.05, 0.1) is 0 Å². The molecule has 0 amide bonds. The van der Waals surface area contributed by atoms with Gasteiger partial charge in [-0.25, -0.2) is 4.74 Å². The smallest absolute Gasteiger partial charge is 0.573 e. The van der Waals surface area contributed by atoms with E-state index >= 15 is 0 Å². The van der Waals surface area contributed by atoms with Gasteiger partial charge in [0.25, 0.3) is 0 Å². The van der Waals surface area contributed by atoms with Crippen LogP contribution in [0.4, 0.5) is 13.2 Å². The number of benzene rings is 1. The van der Waals surface area contributed by atoms with Gasteiger partial charge >= 0.3 is 6.36 Å². The molecule has 1 aromatic carbocycles. The van der Waals surface area contributed by atoms with Crippen LogP contribution in [0.3, 0.4) is 0 Å². The van der Waals surface area contributed by atoms with Gasteiger partial charge in [-0.2, -0.15) is 0 Å². The van der Waals surface area contributed by atoms with Crippen LogP contribution in [0.5, 0.6) is 5.75 Å². The molecule has 0 aliphatic heterocycles. The molecule has 0 N–H and O–H groups in total. The van der Waals surface area contributed by atoms with Crippen molar-refractivity contribution in [3.8, 4) is 5.75 Å². The number of alkyl halides is 3. The highest BCUT2D eigenvalue weighted by molar-refractivity contribution is 7.99. The lowest BCUT2D eigenvalue weighted by Crippen LogP contribution is -2.25. The monoisotopic (exact) mass is 385 g/mol. The number of nitrogens with zero attached hydrogens (tertiary/aromatic N) is 1. The summed E-state index contributed by atoms with van der Waals surface area (Å²) in [6.45, 7) is 0. The highest BCUT2D eigenvalue weighted by atomic mass is 32.2. The van der Waals surface area contributed by atoms with Crippen LogP contribution in [0.2, 0.25) is 0 Å². The third-order valence-electron chi connectivity index (χ3n) is 4.07. The topological polar surface area (TPSA) is 48.4 Å². The van der Waals surface area contributed by atoms with E-state index in [0.29, 0.717) is 15.7 Å². The Balaban J connectivity index is 1.61. The Labute approximate surface area is 153 Å². The first kappa shape index (κ1) is 18.7. The molecule has 1 heterocycles. The number of hydroxylamine groups is 1. The summed E-state index contributed by atoms with van der Waals surface area (Å²) in [5.41, 5.74) is 0. The highest BCUT2D eigenvalue weighted by Gasteiger charge is 2.31. The van der Waals surface area contributed by atoms with Crippen molar-refractivity contribution >= 4 is 18.0 Å². The van der Waals surface area contributed by atoms with Crippen molar-refractivity contribution in [3.05, 3.63) is 47.4 Å². The molecule has 1 saturated carbocycles. The summed E-state index contributed by atoms with van der Waals surface area (Å²) in [5, 5.41) is 12.7. The predicted octanol–water partition coefficient (Wildman–Crippen LogP) is 5.59. The molecule has 1 aliphatic carbocycles. The molecule has 0 radical (unpaired) electrons. The van der Waals surface area contributed by atoms with Crippen molar-refractivity contribution in [1.29, 1.82) is 0 Å². The third-order valence-corrected chi connectivity index (χ3v) is 5.00. The molecule has 140 valence electrons. The van der Waals surface area contributed by atoms with E-state index in [9.17, 15) is 18.4 Å². The molecule has 1 aliphatic rings. The zero-order valence-electron chi connectivity index (χ0n) is 13.9. The van der Waals surface area contributed by atoms with Gasteiger partial charge in [0.2, 0.25) is 6.21 Å². The van der Waals surface area contributed by atoms with Gasteiger partial charge in [0.1, 0.15) is 5.75 Å². The summed E-state index contributed by atoms with van der Waals surface area (Å²) in [6.07, 6.45) is 1.88. The summed E-state index contributed by atoms with van der Waals surface area (Å²) in [6, 6.07) is 8.95. The number of furan rings is 1. The van der Waals surface area contributed by atoms with Crippen molar-refractivity contribution in [1.82, 2.24) is 0 Å². The first-order valence-corrected chi connectivity index (χ1v) is 9.14. The van der Waals surface area contributed by atoms with Crippen LogP contribution in [-0.2, 0) is 0 Å². The second-order valence-corrected chi connectivity index (χ2v) is 7.14. The van der Waals surface area contributed by atoms with E-state index < -0.39 is 6.36 Å². The van der Waals surface area contributed by atoms with Gasteiger partial charge in [-0.1, -0.05) is 18.2 Å². The normalized spacial score (nSPS) is 16.7. The van der Waals surface area contributed by atoms with E-state index in [2.05, 4.69) is 4.74 Å². The maximum absolute atomic E-state index is 12.2. The molecule has 1 fully saturated rings. The Morgan fingerprint density at radius 3 is 2.42 bits per heavy atom. The SMILES string of the molecule is [O-]/[N+](=C\c1ccc(Sc2ccc(OC(F)(F)F)cc2)o1)C1CCCCC1. The predicted molar refractivity (Wildman–Crippen MR) is 91.6 cm³/mol. The fourth-order valence-corrected chi connectivity index (χ4v) is 3.63. The fraction of sp³-hybridized carbons (Fsp3) is 0.389. The van der Waals surface area contributed by atoms with E-state index in [-0.39, 0.29) is 11.8 Å². The Hall–Kier alpha value is -2.09. The third kappa shape index (κ3) is 5.45. The maximum atomic E-state index is 12.2. The second kappa shape index (κ2) is 8.07. The van der Waals surface area contributed by atoms with E-state index in [1.54, 1.807) is 12.1 Å². The summed E-state index contributed by atoms with van der Waals surface area (Å²) in [7, 11) is 0. The lowest BCUT2D eigenvalue weighted by atomic mass is 9.96. The average molecular weight is 385 g/mol. The van der Waals surface area contributed by atoms with Crippen LogP contribution in [-0.4, -0.2) is 23.4 Å². The van der Waals surface area contributed by atoms with Gasteiger partial charge < -0.3 is 14.4 Å². The van der Waals surface area contributed by atoms with Crippen LogP contribution in [0.1, 0.15) is 37.9 Å². The maximum Gasteiger partial charge on any atom is 0.573 e. The molecule has 0 bridgehead atoms. The summed E-state index contributed by atoms with van der Waals surface area (Å²) in [5.74, 6) is 0.190. The van der Waals surface area contributed by atoms with Crippen LogP contribution in [0.25, 0.3) is 0 Å².